The minimum atomic E-state index is -0.258. The highest BCUT2D eigenvalue weighted by atomic mass is 79.9. The van der Waals surface area contributed by atoms with E-state index < -0.39 is 0 Å². The lowest BCUT2D eigenvalue weighted by molar-refractivity contribution is -0.129. The molecule has 1 aliphatic heterocycles. The Labute approximate surface area is 134 Å². The Morgan fingerprint density at radius 2 is 2.24 bits per heavy atom. The molecular formula is C16H21BrN2O2. The molecule has 0 bridgehead atoms. The number of benzene rings is 1. The summed E-state index contributed by atoms with van der Waals surface area (Å²) in [6.07, 6.45) is 1.22. The van der Waals surface area contributed by atoms with Crippen LogP contribution in [0.3, 0.4) is 0 Å². The van der Waals surface area contributed by atoms with E-state index in [-0.39, 0.29) is 23.8 Å². The van der Waals surface area contributed by atoms with Crippen LogP contribution in [0, 0.1) is 12.8 Å². The zero-order valence-electron chi connectivity index (χ0n) is 12.6. The summed E-state index contributed by atoms with van der Waals surface area (Å²) in [5.41, 5.74) is 1.87. The molecule has 1 fully saturated rings. The average molecular weight is 353 g/mol. The van der Waals surface area contributed by atoms with Crippen LogP contribution in [0.1, 0.15) is 32.3 Å². The molecule has 114 valence electrons. The topological polar surface area (TPSA) is 49.4 Å². The molecule has 2 atom stereocenters. The van der Waals surface area contributed by atoms with E-state index >= 15 is 0 Å². The predicted octanol–water partition coefficient (Wildman–Crippen LogP) is 3.34. The number of likely N-dealkylation sites (tertiary alicyclic amines) is 1. The van der Waals surface area contributed by atoms with E-state index in [4.69, 9.17) is 0 Å². The van der Waals surface area contributed by atoms with Crippen LogP contribution < -0.4 is 5.32 Å². The number of aryl methyl sites for hydroxylation is 1. The summed E-state index contributed by atoms with van der Waals surface area (Å²) < 4.78 is 0.962. The van der Waals surface area contributed by atoms with Crippen molar-refractivity contribution in [1.29, 1.82) is 0 Å². The van der Waals surface area contributed by atoms with Gasteiger partial charge in [0.05, 0.1) is 5.92 Å². The highest BCUT2D eigenvalue weighted by Gasteiger charge is 2.36. The fraction of sp³-hybridized carbons (Fsp3) is 0.500. The second-order valence-corrected chi connectivity index (χ2v) is 6.51. The second kappa shape index (κ2) is 6.60. The molecular weight excluding hydrogens is 332 g/mol. The van der Waals surface area contributed by atoms with Crippen molar-refractivity contribution in [1.82, 2.24) is 4.90 Å². The van der Waals surface area contributed by atoms with Crippen LogP contribution in [0.2, 0.25) is 0 Å². The number of nitrogens with zero attached hydrogens (tertiary/aromatic N) is 1. The number of rotatable bonds is 4. The summed E-state index contributed by atoms with van der Waals surface area (Å²) in [6.45, 7) is 6.59. The Bertz CT molecular complexity index is 559. The summed E-state index contributed by atoms with van der Waals surface area (Å²) >= 11 is 3.45. The standard InChI is InChI=1S/C16H21BrN2O2/c1-4-11(3)19-9-12(7-15(19)20)16(21)18-13-6-5-10(2)14(17)8-13/h5-6,8,11-12H,4,7,9H2,1-3H3,(H,18,21). The molecule has 0 aliphatic carbocycles. The van der Waals surface area contributed by atoms with Gasteiger partial charge in [-0.1, -0.05) is 28.9 Å². The highest BCUT2D eigenvalue weighted by molar-refractivity contribution is 9.10. The maximum absolute atomic E-state index is 12.3. The summed E-state index contributed by atoms with van der Waals surface area (Å²) in [5.74, 6) is -0.258. The molecule has 1 saturated heterocycles. The molecule has 2 amide bonds. The molecule has 5 heteroatoms. The molecule has 0 aromatic heterocycles. The number of halogens is 1. The molecule has 4 nitrogen and oxygen atoms in total. The normalized spacial score (nSPS) is 19.7. The predicted molar refractivity (Wildman–Crippen MR) is 87.1 cm³/mol. The van der Waals surface area contributed by atoms with Crippen LogP contribution >= 0.6 is 15.9 Å². The van der Waals surface area contributed by atoms with Gasteiger partial charge in [-0.2, -0.15) is 0 Å². The summed E-state index contributed by atoms with van der Waals surface area (Å²) in [4.78, 5) is 26.1. The Hall–Kier alpha value is -1.36. The molecule has 21 heavy (non-hydrogen) atoms. The van der Waals surface area contributed by atoms with Crippen molar-refractivity contribution in [2.45, 2.75) is 39.7 Å². The Balaban J connectivity index is 2.01. The largest absolute Gasteiger partial charge is 0.339 e. The fourth-order valence-corrected chi connectivity index (χ4v) is 2.85. The Morgan fingerprint density at radius 3 is 2.86 bits per heavy atom. The van der Waals surface area contributed by atoms with Crippen LogP contribution in [0.4, 0.5) is 5.69 Å². The van der Waals surface area contributed by atoms with Crippen molar-refractivity contribution in [3.8, 4) is 0 Å². The molecule has 1 aliphatic rings. The van der Waals surface area contributed by atoms with Crippen molar-refractivity contribution < 1.29 is 9.59 Å². The molecule has 0 saturated carbocycles. The van der Waals surface area contributed by atoms with Gasteiger partial charge in [0.15, 0.2) is 0 Å². The number of amides is 2. The Kier molecular flexibility index (Phi) is 5.04. The lowest BCUT2D eigenvalue weighted by Gasteiger charge is -2.23. The van der Waals surface area contributed by atoms with Crippen LogP contribution in [0.25, 0.3) is 0 Å². The molecule has 1 aromatic carbocycles. The number of hydrogen-bond donors (Lipinski definition) is 1. The number of anilines is 1. The smallest absolute Gasteiger partial charge is 0.229 e. The van der Waals surface area contributed by atoms with E-state index in [1.807, 2.05) is 36.9 Å². The average Bonchev–Trinajstić information content (AvgIpc) is 2.84. The Morgan fingerprint density at radius 1 is 1.52 bits per heavy atom. The van der Waals surface area contributed by atoms with E-state index in [1.165, 1.54) is 0 Å². The van der Waals surface area contributed by atoms with Gasteiger partial charge in [0, 0.05) is 29.2 Å². The minimum absolute atomic E-state index is 0.0783. The van der Waals surface area contributed by atoms with E-state index in [0.29, 0.717) is 13.0 Å². The van der Waals surface area contributed by atoms with Crippen molar-refractivity contribution in [2.24, 2.45) is 5.92 Å². The van der Waals surface area contributed by atoms with Gasteiger partial charge in [-0.15, -0.1) is 0 Å². The van der Waals surface area contributed by atoms with E-state index in [1.54, 1.807) is 0 Å². The van der Waals surface area contributed by atoms with Crippen molar-refractivity contribution in [3.05, 3.63) is 28.2 Å². The van der Waals surface area contributed by atoms with Crippen LogP contribution in [0.5, 0.6) is 0 Å². The second-order valence-electron chi connectivity index (χ2n) is 5.66. The van der Waals surface area contributed by atoms with Crippen LogP contribution in [0.15, 0.2) is 22.7 Å². The lowest BCUT2D eigenvalue weighted by Crippen LogP contribution is -2.35. The van der Waals surface area contributed by atoms with Gasteiger partial charge in [-0.25, -0.2) is 0 Å². The maximum Gasteiger partial charge on any atom is 0.229 e. The lowest BCUT2D eigenvalue weighted by atomic mass is 10.1. The SMILES string of the molecule is CCC(C)N1CC(C(=O)Nc2ccc(C)c(Br)c2)CC1=O. The van der Waals surface area contributed by atoms with E-state index in [0.717, 1.165) is 22.1 Å². The van der Waals surface area contributed by atoms with Crippen molar-refractivity contribution >= 4 is 33.4 Å². The first-order valence-corrected chi connectivity index (χ1v) is 8.08. The highest BCUT2D eigenvalue weighted by Crippen LogP contribution is 2.25. The molecule has 1 aromatic rings. The fourth-order valence-electron chi connectivity index (χ4n) is 2.47. The summed E-state index contributed by atoms with van der Waals surface area (Å²) in [7, 11) is 0. The molecule has 1 heterocycles. The van der Waals surface area contributed by atoms with E-state index in [9.17, 15) is 9.59 Å². The third kappa shape index (κ3) is 3.64. The first-order chi connectivity index (χ1) is 9.92. The zero-order valence-corrected chi connectivity index (χ0v) is 14.2. The van der Waals surface area contributed by atoms with E-state index in [2.05, 4.69) is 28.2 Å². The molecule has 2 unspecified atom stereocenters. The number of hydrogen-bond acceptors (Lipinski definition) is 2. The van der Waals surface area contributed by atoms with Gasteiger partial charge in [0.25, 0.3) is 0 Å². The first-order valence-electron chi connectivity index (χ1n) is 7.28. The van der Waals surface area contributed by atoms with Gasteiger partial charge >= 0.3 is 0 Å². The summed E-state index contributed by atoms with van der Waals surface area (Å²) in [6, 6.07) is 5.91. The monoisotopic (exact) mass is 352 g/mol. The quantitative estimate of drug-likeness (QED) is 0.903. The minimum Gasteiger partial charge on any atom is -0.339 e. The first kappa shape index (κ1) is 16.0. The molecule has 0 spiro atoms. The molecule has 1 N–H and O–H groups in total. The van der Waals surface area contributed by atoms with Gasteiger partial charge in [0.1, 0.15) is 0 Å². The maximum atomic E-state index is 12.3. The molecule has 0 radical (unpaired) electrons. The van der Waals surface area contributed by atoms with Gasteiger partial charge in [0.2, 0.25) is 11.8 Å². The van der Waals surface area contributed by atoms with Crippen molar-refractivity contribution in [3.63, 3.8) is 0 Å². The van der Waals surface area contributed by atoms with Crippen LogP contribution in [-0.4, -0.2) is 29.3 Å². The van der Waals surface area contributed by atoms with Crippen LogP contribution in [-0.2, 0) is 9.59 Å². The number of carbonyl (C=O) groups excluding carboxylic acids is 2. The van der Waals surface area contributed by atoms with Gasteiger partial charge < -0.3 is 10.2 Å². The van der Waals surface area contributed by atoms with Crippen molar-refractivity contribution in [2.75, 3.05) is 11.9 Å². The number of carbonyl (C=O) groups is 2. The van der Waals surface area contributed by atoms with Gasteiger partial charge in [-0.05, 0) is 38.0 Å². The third-order valence-electron chi connectivity index (χ3n) is 4.09. The summed E-state index contributed by atoms with van der Waals surface area (Å²) in [5, 5.41) is 2.90. The third-order valence-corrected chi connectivity index (χ3v) is 4.95. The molecule has 2 rings (SSSR count). The zero-order chi connectivity index (χ0) is 15.6. The number of nitrogens with one attached hydrogen (secondary N) is 1. The van der Waals surface area contributed by atoms with Gasteiger partial charge in [-0.3, -0.25) is 9.59 Å².